The third-order valence-electron chi connectivity index (χ3n) is 4.63. The van der Waals surface area contributed by atoms with Crippen molar-refractivity contribution in [3.8, 4) is 0 Å². The van der Waals surface area contributed by atoms with Gasteiger partial charge in [-0.3, -0.25) is 0 Å². The molecule has 0 aromatic carbocycles. The molecule has 0 bridgehead atoms. The summed E-state index contributed by atoms with van der Waals surface area (Å²) in [5, 5.41) is 60.1. The van der Waals surface area contributed by atoms with E-state index in [2.05, 4.69) is 0 Å². The van der Waals surface area contributed by atoms with Crippen molar-refractivity contribution in [3.63, 3.8) is 0 Å². The maximum Gasteiger partial charge on any atom is 0.120 e. The molecule has 2 unspecified atom stereocenters. The van der Waals surface area contributed by atoms with E-state index in [1.54, 1.807) is 32.1 Å². The summed E-state index contributed by atoms with van der Waals surface area (Å²) in [4.78, 5) is 0. The van der Waals surface area contributed by atoms with Crippen LogP contribution in [0.4, 0.5) is 0 Å². The van der Waals surface area contributed by atoms with E-state index < -0.39 is 12.5 Å². The van der Waals surface area contributed by atoms with Gasteiger partial charge in [-0.05, 0) is 94.5 Å². The Morgan fingerprint density at radius 3 is 2.38 bits per heavy atom. The van der Waals surface area contributed by atoms with Gasteiger partial charge in [0.15, 0.2) is 0 Å². The number of hydrogen-bond donors (Lipinski definition) is 6. The summed E-state index contributed by atoms with van der Waals surface area (Å²) in [6.45, 7) is 2.89. The van der Waals surface area contributed by atoms with Crippen LogP contribution >= 0.6 is 45.2 Å². The average molecular weight is 624 g/mol. The summed E-state index contributed by atoms with van der Waals surface area (Å²) in [5.41, 5.74) is 1.33. The van der Waals surface area contributed by atoms with E-state index in [9.17, 15) is 25.5 Å². The fourth-order valence-corrected chi connectivity index (χ4v) is 4.77. The first-order valence-corrected chi connectivity index (χ1v) is 10.8. The highest BCUT2D eigenvalue weighted by Crippen LogP contribution is 2.46. The summed E-state index contributed by atoms with van der Waals surface area (Å²) in [5.74, 6) is -1.54. The number of aliphatic hydroxyl groups is 6. The van der Waals surface area contributed by atoms with Crippen molar-refractivity contribution in [2.45, 2.75) is 13.8 Å². The molecule has 2 rings (SSSR count). The molecule has 0 aliphatic heterocycles. The number of rotatable bonds is 5. The van der Waals surface area contributed by atoms with Crippen LogP contribution in [0, 0.1) is 11.8 Å². The highest BCUT2D eigenvalue weighted by molar-refractivity contribution is 14.1. The molecule has 0 saturated heterocycles. The van der Waals surface area contributed by atoms with E-state index >= 15 is 0 Å². The number of halogens is 2. The molecule has 6 N–H and O–H groups in total. The smallest absolute Gasteiger partial charge is 0.120 e. The molecule has 29 heavy (non-hydrogen) atoms. The van der Waals surface area contributed by atoms with E-state index in [4.69, 9.17) is 5.11 Å². The van der Waals surface area contributed by atoms with Crippen LogP contribution < -0.4 is 0 Å². The van der Waals surface area contributed by atoms with Crippen LogP contribution in [-0.4, -0.2) is 37.2 Å². The Morgan fingerprint density at radius 2 is 1.79 bits per heavy atom. The van der Waals surface area contributed by atoms with Crippen LogP contribution in [0.3, 0.4) is 0 Å². The molecule has 6 nitrogen and oxygen atoms in total. The van der Waals surface area contributed by atoms with Gasteiger partial charge in [-0.25, -0.2) is 0 Å². The zero-order chi connectivity index (χ0) is 21.9. The maximum atomic E-state index is 10.7. The predicted octanol–water partition coefficient (Wildman–Crippen LogP) is 5.79. The van der Waals surface area contributed by atoms with Gasteiger partial charge in [0.25, 0.3) is 0 Å². The number of fused-ring (bicyclic) bond motifs is 1. The molecule has 156 valence electrons. The molecule has 0 fully saturated rings. The van der Waals surface area contributed by atoms with Gasteiger partial charge in [-0.2, -0.15) is 0 Å². The van der Waals surface area contributed by atoms with E-state index in [1.165, 1.54) is 18.2 Å². The lowest BCUT2D eigenvalue weighted by molar-refractivity contribution is 0.253. The number of hydrogen-bond acceptors (Lipinski definition) is 6. The van der Waals surface area contributed by atoms with Gasteiger partial charge >= 0.3 is 0 Å². The van der Waals surface area contributed by atoms with Crippen molar-refractivity contribution in [1.82, 2.24) is 0 Å². The van der Waals surface area contributed by atoms with Gasteiger partial charge in [0, 0.05) is 24.7 Å². The predicted molar refractivity (Wildman–Crippen MR) is 129 cm³/mol. The molecule has 8 heteroatoms. The highest BCUT2D eigenvalue weighted by atomic mass is 127. The first kappa shape index (κ1) is 23.6. The maximum absolute atomic E-state index is 10.7. The Balaban J connectivity index is 2.53. The topological polar surface area (TPSA) is 121 Å². The Bertz CT molecular complexity index is 944. The van der Waals surface area contributed by atoms with Gasteiger partial charge in [0.1, 0.15) is 35.4 Å². The lowest BCUT2D eigenvalue weighted by Crippen LogP contribution is -2.26. The van der Waals surface area contributed by atoms with Crippen molar-refractivity contribution in [3.05, 3.63) is 89.1 Å². The highest BCUT2D eigenvalue weighted by Gasteiger charge is 2.38. The van der Waals surface area contributed by atoms with Crippen LogP contribution in [0.25, 0.3) is 0 Å². The van der Waals surface area contributed by atoms with E-state index in [1.807, 2.05) is 45.2 Å². The lowest BCUT2D eigenvalue weighted by Gasteiger charge is -2.33. The van der Waals surface area contributed by atoms with Gasteiger partial charge in [-0.15, -0.1) is 0 Å². The SMILES string of the molecule is C/C=C(\C=C(\O)CO)C(/I)=C\C(O)=C(/C)C1=C(O)C=C(I)C2C=C(O)C=C(O)C12. The van der Waals surface area contributed by atoms with Gasteiger partial charge in [-0.1, -0.05) is 6.08 Å². The molecule has 0 spiro atoms. The molecule has 0 heterocycles. The molecule has 0 saturated carbocycles. The van der Waals surface area contributed by atoms with Gasteiger partial charge in [0.2, 0.25) is 0 Å². The summed E-state index contributed by atoms with van der Waals surface area (Å²) < 4.78 is 1.35. The molecular weight excluding hydrogens is 602 g/mol. The minimum Gasteiger partial charge on any atom is -0.511 e. The quantitative estimate of drug-likeness (QED) is 0.131. The summed E-state index contributed by atoms with van der Waals surface area (Å²) in [6, 6.07) is 0. The molecule has 0 aromatic heterocycles. The fourth-order valence-electron chi connectivity index (χ4n) is 3.17. The van der Waals surface area contributed by atoms with Crippen molar-refractivity contribution < 1.29 is 30.6 Å². The minimum atomic E-state index is -0.629. The molecule has 0 aromatic rings. The number of aliphatic hydroxyl groups excluding tert-OH is 6. The van der Waals surface area contributed by atoms with Gasteiger partial charge < -0.3 is 30.6 Å². The monoisotopic (exact) mass is 624 g/mol. The zero-order valence-corrected chi connectivity index (χ0v) is 20.1. The zero-order valence-electron chi connectivity index (χ0n) is 15.8. The minimum absolute atomic E-state index is 0.0550. The largest absolute Gasteiger partial charge is 0.511 e. The summed E-state index contributed by atoms with van der Waals surface area (Å²) in [7, 11) is 0. The summed E-state index contributed by atoms with van der Waals surface area (Å²) in [6.07, 6.45) is 8.96. The van der Waals surface area contributed by atoms with E-state index in [0.717, 1.165) is 3.58 Å². The van der Waals surface area contributed by atoms with Crippen LogP contribution in [-0.2, 0) is 0 Å². The van der Waals surface area contributed by atoms with Crippen molar-refractivity contribution >= 4 is 45.2 Å². The van der Waals surface area contributed by atoms with E-state index in [-0.39, 0.29) is 34.7 Å². The molecule has 0 radical (unpaired) electrons. The Hall–Kier alpha value is -1.66. The average Bonchev–Trinajstić information content (AvgIpc) is 2.66. The molecule has 2 aliphatic rings. The molecular formula is C21H22I2O6. The second-order valence-electron chi connectivity index (χ2n) is 6.53. The van der Waals surface area contributed by atoms with Crippen LogP contribution in [0.15, 0.2) is 89.1 Å². The Labute approximate surface area is 196 Å². The Morgan fingerprint density at radius 1 is 1.14 bits per heavy atom. The normalized spacial score (nSPS) is 24.4. The van der Waals surface area contributed by atoms with Crippen molar-refractivity contribution in [1.29, 1.82) is 0 Å². The van der Waals surface area contributed by atoms with Crippen LogP contribution in [0.2, 0.25) is 0 Å². The second kappa shape index (κ2) is 9.90. The molecule has 0 amide bonds. The van der Waals surface area contributed by atoms with Crippen LogP contribution in [0.5, 0.6) is 0 Å². The number of allylic oxidation sites excluding steroid dienone is 11. The third kappa shape index (κ3) is 5.28. The lowest BCUT2D eigenvalue weighted by atomic mass is 9.74. The summed E-state index contributed by atoms with van der Waals surface area (Å²) >= 11 is 4.04. The second-order valence-corrected chi connectivity index (χ2v) is 8.94. The van der Waals surface area contributed by atoms with Gasteiger partial charge in [0.05, 0.1) is 5.92 Å². The fraction of sp³-hybridized carbons (Fsp3) is 0.238. The van der Waals surface area contributed by atoms with Crippen molar-refractivity contribution in [2.75, 3.05) is 6.61 Å². The third-order valence-corrected chi connectivity index (χ3v) is 6.59. The first-order chi connectivity index (χ1) is 13.6. The first-order valence-electron chi connectivity index (χ1n) is 8.66. The molecule has 2 aliphatic carbocycles. The van der Waals surface area contributed by atoms with Crippen LogP contribution in [0.1, 0.15) is 13.8 Å². The van der Waals surface area contributed by atoms with E-state index in [0.29, 0.717) is 20.3 Å². The molecule has 2 atom stereocenters. The Kier molecular flexibility index (Phi) is 8.06. The standard InChI is InChI=1S/C21H22I2O6/c1-3-11(4-13(26)9-24)15(22)7-17(27)10(2)20-19(29)8-16(23)14-5-12(25)6-18(28)21(14)20/h3-8,14,21,24-29H,9H2,1-2H3/b11-3+,13-4+,15-7+,17-10-. The van der Waals surface area contributed by atoms with Crippen molar-refractivity contribution in [2.24, 2.45) is 11.8 Å².